The predicted molar refractivity (Wildman–Crippen MR) is 90.9 cm³/mol. The first-order valence-corrected chi connectivity index (χ1v) is 8.04. The van der Waals surface area contributed by atoms with Crippen LogP contribution in [0.5, 0.6) is 5.75 Å². The Labute approximate surface area is 136 Å². The molecule has 2 N–H and O–H groups in total. The normalized spacial score (nSPS) is 14.4. The molecule has 1 unspecified atom stereocenters. The average Bonchev–Trinajstić information content (AvgIpc) is 2.88. The largest absolute Gasteiger partial charge is 0.480 e. The molecule has 114 valence electrons. The second-order valence-electron chi connectivity index (χ2n) is 5.51. The summed E-state index contributed by atoms with van der Waals surface area (Å²) in [5, 5.41) is 3.86. The first-order chi connectivity index (χ1) is 11.1. The summed E-state index contributed by atoms with van der Waals surface area (Å²) < 4.78 is 5.72. The molecule has 3 aromatic rings. The van der Waals surface area contributed by atoms with Crippen molar-refractivity contribution in [2.75, 3.05) is 0 Å². The van der Waals surface area contributed by atoms with Crippen LogP contribution in [0.1, 0.15) is 17.3 Å². The topological polar surface area (TPSA) is 69.4 Å². The van der Waals surface area contributed by atoms with Crippen molar-refractivity contribution in [3.05, 3.63) is 48.0 Å². The van der Waals surface area contributed by atoms with Crippen LogP contribution in [0.2, 0.25) is 0 Å². The van der Waals surface area contributed by atoms with Gasteiger partial charge in [-0.25, -0.2) is 0 Å². The van der Waals surface area contributed by atoms with Gasteiger partial charge in [-0.15, -0.1) is 0 Å². The smallest absolute Gasteiger partial charge is 0.258 e. The summed E-state index contributed by atoms with van der Waals surface area (Å²) in [5.41, 5.74) is 5.98. The highest BCUT2D eigenvalue weighted by molar-refractivity contribution is 8.15. The van der Waals surface area contributed by atoms with Crippen molar-refractivity contribution in [3.63, 3.8) is 0 Å². The molecule has 1 amide bonds. The number of benzene rings is 3. The standard InChI is InChI=1S/C18H13NO3S/c1-9(17(19)20)22-14-7-6-12-15-13(14)8-10-4-2-3-5-11(10)16(15)23-18(12)21/h2-9H,1H3,(H2,19,20). The van der Waals surface area contributed by atoms with Crippen LogP contribution in [0, 0.1) is 0 Å². The molecule has 0 saturated heterocycles. The van der Waals surface area contributed by atoms with Gasteiger partial charge in [0, 0.05) is 21.2 Å². The van der Waals surface area contributed by atoms with Gasteiger partial charge in [-0.05, 0) is 47.7 Å². The molecule has 0 radical (unpaired) electrons. The number of hydrogen-bond donors (Lipinski definition) is 1. The average molecular weight is 323 g/mol. The van der Waals surface area contributed by atoms with Gasteiger partial charge in [-0.1, -0.05) is 24.3 Å². The van der Waals surface area contributed by atoms with Crippen LogP contribution >= 0.6 is 11.8 Å². The third kappa shape index (κ3) is 2.08. The molecule has 23 heavy (non-hydrogen) atoms. The van der Waals surface area contributed by atoms with Crippen LogP contribution in [0.15, 0.2) is 47.4 Å². The summed E-state index contributed by atoms with van der Waals surface area (Å²) in [5.74, 6) is 0.0425. The number of fused-ring (bicyclic) bond motifs is 2. The van der Waals surface area contributed by atoms with Gasteiger partial charge in [0.05, 0.1) is 0 Å². The van der Waals surface area contributed by atoms with Crippen molar-refractivity contribution in [1.82, 2.24) is 0 Å². The zero-order valence-corrected chi connectivity index (χ0v) is 13.1. The van der Waals surface area contributed by atoms with E-state index in [0.717, 1.165) is 26.4 Å². The minimum atomic E-state index is -0.733. The molecule has 0 fully saturated rings. The molecule has 4 nitrogen and oxygen atoms in total. The monoisotopic (exact) mass is 323 g/mol. The van der Waals surface area contributed by atoms with E-state index in [1.54, 1.807) is 19.1 Å². The quantitative estimate of drug-likeness (QED) is 0.749. The molecule has 1 atom stereocenters. The molecular weight excluding hydrogens is 310 g/mol. The Morgan fingerprint density at radius 2 is 1.96 bits per heavy atom. The molecule has 5 heteroatoms. The molecule has 0 aromatic heterocycles. The number of carbonyl (C=O) groups is 2. The Morgan fingerprint density at radius 1 is 1.17 bits per heavy atom. The Kier molecular flexibility index (Phi) is 3.06. The van der Waals surface area contributed by atoms with Crippen LogP contribution in [0.3, 0.4) is 0 Å². The fraction of sp³-hybridized carbons (Fsp3) is 0.111. The van der Waals surface area contributed by atoms with E-state index in [1.807, 2.05) is 30.3 Å². The van der Waals surface area contributed by atoms with E-state index in [0.29, 0.717) is 11.3 Å². The highest BCUT2D eigenvalue weighted by Crippen LogP contribution is 2.47. The van der Waals surface area contributed by atoms with Gasteiger partial charge in [0.25, 0.3) is 5.91 Å². The summed E-state index contributed by atoms with van der Waals surface area (Å²) >= 11 is 1.25. The van der Waals surface area contributed by atoms with Crippen molar-refractivity contribution >= 4 is 44.3 Å². The first kappa shape index (κ1) is 14.1. The summed E-state index contributed by atoms with van der Waals surface area (Å²) in [6, 6.07) is 13.4. The number of amides is 1. The number of rotatable bonds is 3. The van der Waals surface area contributed by atoms with E-state index < -0.39 is 12.0 Å². The molecular formula is C18H13NO3S. The molecule has 3 aromatic carbocycles. The third-order valence-corrected chi connectivity index (χ3v) is 5.09. The minimum Gasteiger partial charge on any atom is -0.480 e. The SMILES string of the molecule is CC(Oc1ccc2c3c(c4ccccc4cc13)SC2=O)C(N)=O. The molecule has 0 aliphatic carbocycles. The lowest BCUT2D eigenvalue weighted by molar-refractivity contribution is -0.123. The van der Waals surface area contributed by atoms with Crippen molar-refractivity contribution < 1.29 is 14.3 Å². The van der Waals surface area contributed by atoms with E-state index in [-0.39, 0.29) is 5.12 Å². The lowest BCUT2D eigenvalue weighted by atomic mass is 9.99. The second kappa shape index (κ2) is 4.99. The second-order valence-corrected chi connectivity index (χ2v) is 6.50. The zero-order valence-electron chi connectivity index (χ0n) is 12.3. The van der Waals surface area contributed by atoms with Crippen LogP contribution in [-0.2, 0) is 4.79 Å². The molecule has 0 saturated carbocycles. The molecule has 0 spiro atoms. The summed E-state index contributed by atoms with van der Waals surface area (Å²) in [6.07, 6.45) is -0.733. The Balaban J connectivity index is 2.04. The van der Waals surface area contributed by atoms with Crippen molar-refractivity contribution in [3.8, 4) is 5.75 Å². The minimum absolute atomic E-state index is 0.0378. The van der Waals surface area contributed by atoms with Gasteiger partial charge in [-0.2, -0.15) is 0 Å². The summed E-state index contributed by atoms with van der Waals surface area (Å²) in [4.78, 5) is 24.5. The fourth-order valence-electron chi connectivity index (χ4n) is 2.88. The highest BCUT2D eigenvalue weighted by Gasteiger charge is 2.27. The molecule has 1 heterocycles. The summed E-state index contributed by atoms with van der Waals surface area (Å²) in [6.45, 7) is 1.61. The Bertz CT molecular complexity index is 996. The van der Waals surface area contributed by atoms with Gasteiger partial charge in [-0.3, -0.25) is 9.59 Å². The predicted octanol–water partition coefficient (Wildman–Crippen LogP) is 3.49. The van der Waals surface area contributed by atoms with Crippen LogP contribution in [-0.4, -0.2) is 17.1 Å². The van der Waals surface area contributed by atoms with E-state index >= 15 is 0 Å². The molecule has 1 aliphatic rings. The summed E-state index contributed by atoms with van der Waals surface area (Å²) in [7, 11) is 0. The van der Waals surface area contributed by atoms with Crippen LogP contribution < -0.4 is 10.5 Å². The van der Waals surface area contributed by atoms with Gasteiger partial charge in [0.15, 0.2) is 6.10 Å². The Morgan fingerprint density at radius 3 is 2.74 bits per heavy atom. The van der Waals surface area contributed by atoms with E-state index in [2.05, 4.69) is 0 Å². The lowest BCUT2D eigenvalue weighted by Crippen LogP contribution is -2.30. The number of carbonyl (C=O) groups excluding carboxylic acids is 2. The van der Waals surface area contributed by atoms with Crippen molar-refractivity contribution in [1.29, 1.82) is 0 Å². The zero-order chi connectivity index (χ0) is 16.1. The van der Waals surface area contributed by atoms with E-state index in [4.69, 9.17) is 10.5 Å². The number of ether oxygens (including phenoxy) is 1. The van der Waals surface area contributed by atoms with E-state index in [1.165, 1.54) is 11.8 Å². The van der Waals surface area contributed by atoms with Crippen molar-refractivity contribution in [2.45, 2.75) is 17.9 Å². The van der Waals surface area contributed by atoms with Gasteiger partial charge < -0.3 is 10.5 Å². The maximum Gasteiger partial charge on any atom is 0.258 e. The van der Waals surface area contributed by atoms with Gasteiger partial charge >= 0.3 is 0 Å². The van der Waals surface area contributed by atoms with Crippen molar-refractivity contribution in [2.24, 2.45) is 5.73 Å². The van der Waals surface area contributed by atoms with Gasteiger partial charge in [0.1, 0.15) is 5.75 Å². The number of primary amides is 1. The first-order valence-electron chi connectivity index (χ1n) is 7.23. The maximum absolute atomic E-state index is 12.3. The van der Waals surface area contributed by atoms with Crippen LogP contribution in [0.4, 0.5) is 0 Å². The highest BCUT2D eigenvalue weighted by atomic mass is 32.2. The fourth-order valence-corrected chi connectivity index (χ4v) is 3.97. The third-order valence-electron chi connectivity index (χ3n) is 4.06. The van der Waals surface area contributed by atoms with E-state index in [9.17, 15) is 9.59 Å². The number of thioether (sulfide) groups is 1. The van der Waals surface area contributed by atoms with Gasteiger partial charge in [0.2, 0.25) is 5.12 Å². The molecule has 4 rings (SSSR count). The number of hydrogen-bond acceptors (Lipinski definition) is 4. The van der Waals surface area contributed by atoms with Crippen LogP contribution in [0.25, 0.3) is 21.5 Å². The number of nitrogens with two attached hydrogens (primary N) is 1. The molecule has 1 aliphatic heterocycles. The lowest BCUT2D eigenvalue weighted by Gasteiger charge is -2.15. The maximum atomic E-state index is 12.3. The Hall–Kier alpha value is -2.53. The molecule has 0 bridgehead atoms.